The summed E-state index contributed by atoms with van der Waals surface area (Å²) < 4.78 is 0. The summed E-state index contributed by atoms with van der Waals surface area (Å²) in [5, 5.41) is 9.57. The van der Waals surface area contributed by atoms with Crippen LogP contribution < -0.4 is 0 Å². The topological polar surface area (TPSA) is 20.2 Å². The van der Waals surface area contributed by atoms with Gasteiger partial charge in [-0.25, -0.2) is 0 Å². The van der Waals surface area contributed by atoms with Crippen LogP contribution in [0.2, 0.25) is 0 Å². The fourth-order valence-corrected chi connectivity index (χ4v) is 3.04. The molecule has 1 N–H and O–H groups in total. The minimum atomic E-state index is 0.0710. The van der Waals surface area contributed by atoms with Gasteiger partial charge in [-0.3, -0.25) is 0 Å². The van der Waals surface area contributed by atoms with Crippen LogP contribution in [0.1, 0.15) is 45.4 Å². The lowest BCUT2D eigenvalue weighted by Gasteiger charge is -2.06. The Morgan fingerprint density at radius 2 is 2.08 bits per heavy atom. The van der Waals surface area contributed by atoms with Crippen LogP contribution >= 0.6 is 0 Å². The average molecular weight is 168 g/mol. The quantitative estimate of drug-likeness (QED) is 0.640. The van der Waals surface area contributed by atoms with Gasteiger partial charge in [0.1, 0.15) is 0 Å². The summed E-state index contributed by atoms with van der Waals surface area (Å²) in [4.78, 5) is 0. The molecule has 2 fully saturated rings. The minimum Gasteiger partial charge on any atom is -0.393 e. The summed E-state index contributed by atoms with van der Waals surface area (Å²) in [6.45, 7) is 2.25. The van der Waals surface area contributed by atoms with Crippen molar-refractivity contribution in [1.82, 2.24) is 0 Å². The summed E-state index contributed by atoms with van der Waals surface area (Å²) in [6.07, 6.45) is 7.95. The molecule has 0 aromatic carbocycles. The van der Waals surface area contributed by atoms with Crippen LogP contribution in [0, 0.1) is 17.8 Å². The third-order valence-corrected chi connectivity index (χ3v) is 3.78. The summed E-state index contributed by atoms with van der Waals surface area (Å²) >= 11 is 0. The molecule has 1 heteroatoms. The molecule has 70 valence electrons. The van der Waals surface area contributed by atoms with E-state index >= 15 is 0 Å². The molecule has 2 saturated carbocycles. The van der Waals surface area contributed by atoms with Crippen molar-refractivity contribution in [3.63, 3.8) is 0 Å². The maximum atomic E-state index is 9.57. The first-order chi connectivity index (χ1) is 5.84. The van der Waals surface area contributed by atoms with E-state index in [1.807, 2.05) is 0 Å². The molecular weight excluding hydrogens is 148 g/mol. The maximum Gasteiger partial charge on any atom is 0.0574 e. The lowest BCUT2D eigenvalue weighted by molar-refractivity contribution is 0.148. The Morgan fingerprint density at radius 3 is 2.67 bits per heavy atom. The predicted molar refractivity (Wildman–Crippen MR) is 49.9 cm³/mol. The van der Waals surface area contributed by atoms with E-state index in [0.29, 0.717) is 0 Å². The van der Waals surface area contributed by atoms with Crippen LogP contribution in [0.4, 0.5) is 0 Å². The van der Waals surface area contributed by atoms with Crippen LogP contribution in [0.5, 0.6) is 0 Å². The first-order valence-corrected chi connectivity index (χ1v) is 5.52. The largest absolute Gasteiger partial charge is 0.393 e. The lowest BCUT2D eigenvalue weighted by Crippen LogP contribution is -2.07. The normalized spacial score (nSPS) is 44.5. The highest BCUT2D eigenvalue weighted by Gasteiger charge is 2.56. The second-order valence-electron chi connectivity index (χ2n) is 4.55. The molecule has 0 bridgehead atoms. The van der Waals surface area contributed by atoms with Gasteiger partial charge in [0.2, 0.25) is 0 Å². The lowest BCUT2D eigenvalue weighted by atomic mass is 10.0. The van der Waals surface area contributed by atoms with Gasteiger partial charge in [-0.1, -0.05) is 26.2 Å². The van der Waals surface area contributed by atoms with Crippen LogP contribution in [-0.2, 0) is 0 Å². The number of aliphatic hydroxyl groups excluding tert-OH is 1. The first kappa shape index (κ1) is 8.55. The molecule has 0 spiro atoms. The summed E-state index contributed by atoms with van der Waals surface area (Å²) in [5.41, 5.74) is 0. The Labute approximate surface area is 75.2 Å². The molecule has 0 heterocycles. The number of unbranched alkanes of at least 4 members (excludes halogenated alkanes) is 2. The Hall–Kier alpha value is -0.0400. The van der Waals surface area contributed by atoms with Crippen molar-refractivity contribution in [3.8, 4) is 0 Å². The van der Waals surface area contributed by atoms with Crippen molar-refractivity contribution in [1.29, 1.82) is 0 Å². The second kappa shape index (κ2) is 3.37. The van der Waals surface area contributed by atoms with Crippen molar-refractivity contribution in [3.05, 3.63) is 0 Å². The van der Waals surface area contributed by atoms with E-state index in [4.69, 9.17) is 0 Å². The highest BCUT2D eigenvalue weighted by atomic mass is 16.3. The molecule has 0 aromatic heterocycles. The predicted octanol–water partition coefficient (Wildman–Crippen LogP) is 2.58. The first-order valence-electron chi connectivity index (χ1n) is 5.52. The minimum absolute atomic E-state index is 0.0710. The summed E-state index contributed by atoms with van der Waals surface area (Å²) in [5.74, 6) is 2.57. The highest BCUT2D eigenvalue weighted by molar-refractivity contribution is 5.05. The van der Waals surface area contributed by atoms with Gasteiger partial charge in [0.15, 0.2) is 0 Å². The zero-order valence-corrected chi connectivity index (χ0v) is 8.00. The molecule has 2 aliphatic rings. The maximum absolute atomic E-state index is 9.57. The molecule has 2 aliphatic carbocycles. The van der Waals surface area contributed by atoms with Gasteiger partial charge in [0, 0.05) is 0 Å². The number of fused-ring (bicyclic) bond motifs is 1. The van der Waals surface area contributed by atoms with Gasteiger partial charge in [0.05, 0.1) is 6.10 Å². The average Bonchev–Trinajstić information content (AvgIpc) is 2.62. The Kier molecular flexibility index (Phi) is 2.40. The fourth-order valence-electron chi connectivity index (χ4n) is 3.04. The van der Waals surface area contributed by atoms with Gasteiger partial charge < -0.3 is 5.11 Å². The van der Waals surface area contributed by atoms with E-state index in [0.717, 1.165) is 24.2 Å². The van der Waals surface area contributed by atoms with E-state index in [1.165, 1.54) is 32.1 Å². The second-order valence-corrected chi connectivity index (χ2v) is 4.55. The van der Waals surface area contributed by atoms with Crippen LogP contribution in [0.15, 0.2) is 0 Å². The fraction of sp³-hybridized carbons (Fsp3) is 1.00. The SMILES string of the molecule is CCCCCC1C2CCC(O)C12. The van der Waals surface area contributed by atoms with Gasteiger partial charge in [-0.15, -0.1) is 0 Å². The zero-order valence-electron chi connectivity index (χ0n) is 8.00. The molecule has 1 nitrogen and oxygen atoms in total. The van der Waals surface area contributed by atoms with Crippen LogP contribution in [0.3, 0.4) is 0 Å². The molecule has 0 radical (unpaired) electrons. The summed E-state index contributed by atoms with van der Waals surface area (Å²) in [6, 6.07) is 0. The summed E-state index contributed by atoms with van der Waals surface area (Å²) in [7, 11) is 0. The molecule has 0 amide bonds. The van der Waals surface area contributed by atoms with Crippen molar-refractivity contribution < 1.29 is 5.11 Å². The molecule has 0 aliphatic heterocycles. The number of hydrogen-bond acceptors (Lipinski definition) is 1. The van der Waals surface area contributed by atoms with Gasteiger partial charge >= 0.3 is 0 Å². The highest BCUT2D eigenvalue weighted by Crippen LogP contribution is 2.59. The zero-order chi connectivity index (χ0) is 8.55. The smallest absolute Gasteiger partial charge is 0.0574 e. The molecule has 4 atom stereocenters. The molecule has 12 heavy (non-hydrogen) atoms. The van der Waals surface area contributed by atoms with Gasteiger partial charge in [-0.2, -0.15) is 0 Å². The van der Waals surface area contributed by atoms with Gasteiger partial charge in [-0.05, 0) is 37.0 Å². The number of aliphatic hydroxyl groups is 1. The Bertz CT molecular complexity index is 155. The van der Waals surface area contributed by atoms with Crippen LogP contribution in [0.25, 0.3) is 0 Å². The van der Waals surface area contributed by atoms with Gasteiger partial charge in [0.25, 0.3) is 0 Å². The molecular formula is C11H20O. The van der Waals surface area contributed by atoms with E-state index in [1.54, 1.807) is 0 Å². The van der Waals surface area contributed by atoms with Crippen LogP contribution in [-0.4, -0.2) is 11.2 Å². The Balaban J connectivity index is 1.67. The van der Waals surface area contributed by atoms with Crippen molar-refractivity contribution in [2.24, 2.45) is 17.8 Å². The Morgan fingerprint density at radius 1 is 1.25 bits per heavy atom. The van der Waals surface area contributed by atoms with E-state index < -0.39 is 0 Å². The van der Waals surface area contributed by atoms with Crippen molar-refractivity contribution in [2.75, 3.05) is 0 Å². The van der Waals surface area contributed by atoms with Crippen molar-refractivity contribution >= 4 is 0 Å². The third kappa shape index (κ3) is 1.39. The monoisotopic (exact) mass is 168 g/mol. The molecule has 0 saturated heterocycles. The van der Waals surface area contributed by atoms with Crippen molar-refractivity contribution in [2.45, 2.75) is 51.6 Å². The molecule has 2 rings (SSSR count). The van der Waals surface area contributed by atoms with E-state index in [-0.39, 0.29) is 6.10 Å². The standard InChI is InChI=1S/C11H20O/c1-2-3-4-5-8-9-6-7-10(12)11(8)9/h8-12H,2-7H2,1H3. The molecule has 4 unspecified atom stereocenters. The third-order valence-electron chi connectivity index (χ3n) is 3.78. The number of hydrogen-bond donors (Lipinski definition) is 1. The van der Waals surface area contributed by atoms with E-state index in [9.17, 15) is 5.11 Å². The molecule has 0 aromatic rings. The van der Waals surface area contributed by atoms with E-state index in [2.05, 4.69) is 6.92 Å². The number of rotatable bonds is 4.